The van der Waals surface area contributed by atoms with E-state index in [0.717, 1.165) is 22.3 Å². The number of carboxylic acids is 1. The number of sulfone groups is 1. The highest BCUT2D eigenvalue weighted by Gasteiger charge is 2.36. The van der Waals surface area contributed by atoms with Crippen LogP contribution in [0.2, 0.25) is 0 Å². The van der Waals surface area contributed by atoms with Crippen LogP contribution in [0.5, 0.6) is 0 Å². The van der Waals surface area contributed by atoms with Crippen molar-refractivity contribution in [1.29, 1.82) is 0 Å². The second kappa shape index (κ2) is 10.2. The normalized spacial score (nSPS) is 17.9. The van der Waals surface area contributed by atoms with Crippen LogP contribution in [0.4, 0.5) is 4.79 Å². The number of nitrogens with one attached hydrogen (secondary N) is 1. The van der Waals surface area contributed by atoms with Gasteiger partial charge in [-0.1, -0.05) is 54.5 Å². The first-order valence-corrected chi connectivity index (χ1v) is 12.8. The van der Waals surface area contributed by atoms with Crippen molar-refractivity contribution in [2.24, 2.45) is 0 Å². The number of aliphatic carboxylic acids is 1. The van der Waals surface area contributed by atoms with Crippen LogP contribution in [0, 0.1) is 11.8 Å². The lowest BCUT2D eigenvalue weighted by Crippen LogP contribution is -2.49. The summed E-state index contributed by atoms with van der Waals surface area (Å²) in [7, 11) is -3.57. The molecular formula is C25H24N2O7S. The predicted molar refractivity (Wildman–Crippen MR) is 127 cm³/mol. The number of hydrogen-bond acceptors (Lipinski definition) is 6. The maximum Gasteiger partial charge on any atom is 0.407 e. The van der Waals surface area contributed by atoms with Crippen LogP contribution in [-0.4, -0.2) is 73.6 Å². The Bertz CT molecular complexity index is 1280. The number of alkyl carbamates (subject to hydrolysis) is 1. The summed E-state index contributed by atoms with van der Waals surface area (Å²) < 4.78 is 29.4. The minimum atomic E-state index is -3.57. The molecule has 1 aliphatic carbocycles. The Hall–Kier alpha value is -3.84. The zero-order chi connectivity index (χ0) is 25.0. The lowest BCUT2D eigenvalue weighted by atomic mass is 9.98. The van der Waals surface area contributed by atoms with Gasteiger partial charge in [-0.2, -0.15) is 0 Å². The second-order valence-electron chi connectivity index (χ2n) is 8.32. The third-order valence-corrected chi connectivity index (χ3v) is 8.21. The van der Waals surface area contributed by atoms with Crippen LogP contribution < -0.4 is 5.32 Å². The molecule has 0 radical (unpaired) electrons. The number of nitrogens with zero attached hydrogens (tertiary/aromatic N) is 1. The van der Waals surface area contributed by atoms with Crippen molar-refractivity contribution in [3.05, 3.63) is 59.7 Å². The fourth-order valence-corrected chi connectivity index (χ4v) is 6.00. The van der Waals surface area contributed by atoms with Gasteiger partial charge >= 0.3 is 12.1 Å². The molecule has 2 aliphatic rings. The number of carboxylic acid groups (broad SMARTS) is 1. The van der Waals surface area contributed by atoms with E-state index in [1.165, 1.54) is 4.90 Å². The highest BCUT2D eigenvalue weighted by molar-refractivity contribution is 7.92. The number of fused-ring (bicyclic) bond motifs is 3. The first kappa shape index (κ1) is 24.3. The van der Waals surface area contributed by atoms with Crippen molar-refractivity contribution < 1.29 is 32.6 Å². The number of benzene rings is 2. The summed E-state index contributed by atoms with van der Waals surface area (Å²) in [6.07, 6.45) is -1.23. The SMILES string of the molecule is O=C(O)CC1CN(C(=O)C#CCNC(=O)OCC2c3ccccc3-c3ccccc32)CCS1(=O)=O. The van der Waals surface area contributed by atoms with Gasteiger partial charge in [-0.3, -0.25) is 9.59 Å². The number of ether oxygens (including phenoxy) is 1. The maximum absolute atomic E-state index is 12.3. The highest BCUT2D eigenvalue weighted by atomic mass is 32.2. The van der Waals surface area contributed by atoms with Gasteiger partial charge in [0.15, 0.2) is 9.84 Å². The molecule has 1 aliphatic heterocycles. The van der Waals surface area contributed by atoms with Crippen molar-refractivity contribution in [3.8, 4) is 23.0 Å². The van der Waals surface area contributed by atoms with Crippen molar-refractivity contribution >= 4 is 27.8 Å². The first-order chi connectivity index (χ1) is 16.8. The van der Waals surface area contributed by atoms with Gasteiger partial charge in [-0.25, -0.2) is 13.2 Å². The summed E-state index contributed by atoms with van der Waals surface area (Å²) >= 11 is 0. The van der Waals surface area contributed by atoms with Gasteiger partial charge < -0.3 is 20.1 Å². The fourth-order valence-electron chi connectivity index (χ4n) is 4.39. The molecule has 1 unspecified atom stereocenters. The lowest BCUT2D eigenvalue weighted by molar-refractivity contribution is -0.137. The lowest BCUT2D eigenvalue weighted by Gasteiger charge is -2.30. The summed E-state index contributed by atoms with van der Waals surface area (Å²) in [5, 5.41) is 10.2. The minimum Gasteiger partial charge on any atom is -0.481 e. The van der Waals surface area contributed by atoms with E-state index in [2.05, 4.69) is 17.2 Å². The van der Waals surface area contributed by atoms with Crippen molar-refractivity contribution in [2.45, 2.75) is 17.6 Å². The molecule has 10 heteroatoms. The number of carbonyl (C=O) groups is 3. The molecule has 1 heterocycles. The fraction of sp³-hybridized carbons (Fsp3) is 0.320. The molecule has 2 aromatic carbocycles. The first-order valence-electron chi connectivity index (χ1n) is 11.1. The average molecular weight is 497 g/mol. The van der Waals surface area contributed by atoms with Crippen LogP contribution in [0.3, 0.4) is 0 Å². The van der Waals surface area contributed by atoms with Gasteiger partial charge in [0.2, 0.25) is 0 Å². The van der Waals surface area contributed by atoms with Crippen LogP contribution >= 0.6 is 0 Å². The summed E-state index contributed by atoms with van der Waals surface area (Å²) in [5.74, 6) is 2.64. The van der Waals surface area contributed by atoms with E-state index in [9.17, 15) is 22.8 Å². The summed E-state index contributed by atoms with van der Waals surface area (Å²) in [4.78, 5) is 36.6. The summed E-state index contributed by atoms with van der Waals surface area (Å²) in [6.45, 7) is -0.250. The molecule has 2 amide bonds. The average Bonchev–Trinajstić information content (AvgIpc) is 3.15. The molecule has 0 bridgehead atoms. The van der Waals surface area contributed by atoms with E-state index in [1.807, 2.05) is 48.5 Å². The van der Waals surface area contributed by atoms with Crippen molar-refractivity contribution in [1.82, 2.24) is 10.2 Å². The molecule has 182 valence electrons. The monoisotopic (exact) mass is 496 g/mol. The Morgan fingerprint density at radius 1 is 1.06 bits per heavy atom. The molecule has 1 fully saturated rings. The summed E-state index contributed by atoms with van der Waals surface area (Å²) in [6, 6.07) is 16.0. The van der Waals surface area contributed by atoms with Crippen molar-refractivity contribution in [3.63, 3.8) is 0 Å². The van der Waals surface area contributed by atoms with Gasteiger partial charge in [0.05, 0.1) is 24.0 Å². The van der Waals surface area contributed by atoms with Crippen LogP contribution in [0.1, 0.15) is 23.5 Å². The quantitative estimate of drug-likeness (QED) is 0.602. The molecular weight excluding hydrogens is 472 g/mol. The third kappa shape index (κ3) is 5.46. The van der Waals surface area contributed by atoms with E-state index in [-0.39, 0.29) is 37.9 Å². The zero-order valence-corrected chi connectivity index (χ0v) is 19.6. The molecule has 2 N–H and O–H groups in total. The Kier molecular flexibility index (Phi) is 7.07. The van der Waals surface area contributed by atoms with E-state index >= 15 is 0 Å². The van der Waals surface area contributed by atoms with Crippen LogP contribution in [0.25, 0.3) is 11.1 Å². The molecule has 1 atom stereocenters. The Morgan fingerprint density at radius 2 is 1.69 bits per heavy atom. The predicted octanol–water partition coefficient (Wildman–Crippen LogP) is 1.63. The van der Waals surface area contributed by atoms with E-state index < -0.39 is 39.5 Å². The smallest absolute Gasteiger partial charge is 0.407 e. The topological polar surface area (TPSA) is 130 Å². The number of carbonyl (C=O) groups excluding carboxylic acids is 2. The van der Waals surface area contributed by atoms with Crippen LogP contribution in [0.15, 0.2) is 48.5 Å². The maximum atomic E-state index is 12.3. The molecule has 0 aromatic heterocycles. The molecule has 2 aromatic rings. The number of hydrogen-bond donors (Lipinski definition) is 2. The zero-order valence-electron chi connectivity index (χ0n) is 18.8. The molecule has 1 saturated heterocycles. The van der Waals surface area contributed by atoms with Gasteiger partial charge in [0, 0.05) is 19.0 Å². The largest absolute Gasteiger partial charge is 0.481 e. The standard InChI is InChI=1S/C25H24N2O7S/c28-23(27-12-13-35(32,33)17(15-27)14-24(29)30)10-5-11-26-25(31)34-16-22-20-8-3-1-6-18(20)19-7-2-4-9-21(19)22/h1-4,6-9,17,22H,11-16H2,(H,26,31)(H,29,30). The van der Waals surface area contributed by atoms with E-state index in [4.69, 9.17) is 9.84 Å². The van der Waals surface area contributed by atoms with Gasteiger partial charge in [-0.15, -0.1) is 0 Å². The van der Waals surface area contributed by atoms with Crippen LogP contribution in [-0.2, 0) is 24.2 Å². The van der Waals surface area contributed by atoms with E-state index in [1.54, 1.807) is 0 Å². The molecule has 35 heavy (non-hydrogen) atoms. The second-order valence-corrected chi connectivity index (χ2v) is 10.7. The third-order valence-electron chi connectivity index (χ3n) is 6.13. The minimum absolute atomic E-state index is 0.0498. The van der Waals surface area contributed by atoms with Gasteiger partial charge in [0.25, 0.3) is 5.91 Å². The highest BCUT2D eigenvalue weighted by Crippen LogP contribution is 2.44. The molecule has 9 nitrogen and oxygen atoms in total. The van der Waals surface area contributed by atoms with E-state index in [0.29, 0.717) is 0 Å². The number of amides is 2. The summed E-state index contributed by atoms with van der Waals surface area (Å²) in [5.41, 5.74) is 4.43. The van der Waals surface area contributed by atoms with Gasteiger partial charge in [-0.05, 0) is 28.2 Å². The molecule has 0 saturated carbocycles. The van der Waals surface area contributed by atoms with Crippen molar-refractivity contribution in [2.75, 3.05) is 32.0 Å². The Balaban J connectivity index is 1.27. The molecule has 4 rings (SSSR count). The van der Waals surface area contributed by atoms with Gasteiger partial charge in [0.1, 0.15) is 6.61 Å². The Morgan fingerprint density at radius 3 is 2.31 bits per heavy atom. The Labute approximate surface area is 203 Å². The molecule has 0 spiro atoms. The number of rotatable bonds is 5.